The highest BCUT2D eigenvalue weighted by Gasteiger charge is 2.36. The predicted molar refractivity (Wildman–Crippen MR) is 126 cm³/mol. The molecule has 0 bridgehead atoms. The van der Waals surface area contributed by atoms with Crippen molar-refractivity contribution in [1.82, 2.24) is 14.8 Å². The van der Waals surface area contributed by atoms with Crippen LogP contribution in [0, 0.1) is 12.8 Å². The van der Waals surface area contributed by atoms with Crippen molar-refractivity contribution in [2.75, 3.05) is 13.1 Å². The highest BCUT2D eigenvalue weighted by molar-refractivity contribution is 7.89. The Morgan fingerprint density at radius 3 is 2.53 bits per heavy atom. The van der Waals surface area contributed by atoms with Crippen molar-refractivity contribution in [2.45, 2.75) is 69.2 Å². The number of nitrogens with zero attached hydrogens (tertiary/aromatic N) is 2. The molecule has 0 atom stereocenters. The minimum Gasteiger partial charge on any atom is -0.355 e. The van der Waals surface area contributed by atoms with Crippen LogP contribution >= 0.6 is 11.3 Å². The molecule has 0 spiro atoms. The maximum absolute atomic E-state index is 13.4. The third-order valence-corrected chi connectivity index (χ3v) is 9.29. The maximum Gasteiger partial charge on any atom is 0.248 e. The van der Waals surface area contributed by atoms with Crippen LogP contribution in [0.15, 0.2) is 26.9 Å². The van der Waals surface area contributed by atoms with Crippen molar-refractivity contribution in [3.05, 3.63) is 33.8 Å². The molecular formula is C23H31N3O4S2. The SMILES string of the molecule is Cc1noc(/C=C/c2cccs2)c1S(=O)(=O)N1CCC(C(=O)NC2CCCCCC2)CC1. The lowest BCUT2D eigenvalue weighted by Crippen LogP contribution is -2.45. The van der Waals surface area contributed by atoms with Crippen molar-refractivity contribution in [3.63, 3.8) is 0 Å². The summed E-state index contributed by atoms with van der Waals surface area (Å²) in [6, 6.07) is 4.15. The zero-order chi connectivity index (χ0) is 22.6. The zero-order valence-electron chi connectivity index (χ0n) is 18.5. The van der Waals surface area contributed by atoms with Gasteiger partial charge in [0.1, 0.15) is 5.69 Å². The van der Waals surface area contributed by atoms with E-state index in [0.29, 0.717) is 31.6 Å². The van der Waals surface area contributed by atoms with E-state index in [2.05, 4.69) is 10.5 Å². The minimum absolute atomic E-state index is 0.0784. The third-order valence-electron chi connectivity index (χ3n) is 6.40. The number of rotatable bonds is 6. The van der Waals surface area contributed by atoms with Crippen molar-refractivity contribution in [1.29, 1.82) is 0 Å². The number of carbonyl (C=O) groups excluding carboxylic acids is 1. The molecule has 1 saturated carbocycles. The molecule has 2 aromatic heterocycles. The Morgan fingerprint density at radius 1 is 1.16 bits per heavy atom. The Kier molecular flexibility index (Phi) is 7.48. The predicted octanol–water partition coefficient (Wildman–Crippen LogP) is 4.45. The maximum atomic E-state index is 13.4. The van der Waals surface area contributed by atoms with Crippen molar-refractivity contribution < 1.29 is 17.7 Å². The fourth-order valence-corrected chi connectivity index (χ4v) is 6.91. The second-order valence-corrected chi connectivity index (χ2v) is 11.5. The number of aryl methyl sites for hydroxylation is 1. The molecule has 32 heavy (non-hydrogen) atoms. The molecule has 2 aliphatic rings. The first-order valence-corrected chi connectivity index (χ1v) is 13.8. The second kappa shape index (κ2) is 10.3. The molecule has 1 saturated heterocycles. The smallest absolute Gasteiger partial charge is 0.248 e. The molecule has 4 rings (SSSR count). The number of aromatic nitrogens is 1. The minimum atomic E-state index is -3.75. The average Bonchev–Trinajstić information content (AvgIpc) is 3.36. The molecule has 1 N–H and O–H groups in total. The topological polar surface area (TPSA) is 92.5 Å². The van der Waals surface area contributed by atoms with E-state index >= 15 is 0 Å². The Bertz CT molecular complexity index is 1030. The number of carbonyl (C=O) groups is 1. The van der Waals surface area contributed by atoms with Gasteiger partial charge in [0.05, 0.1) is 0 Å². The van der Waals surface area contributed by atoms with Crippen molar-refractivity contribution >= 4 is 39.4 Å². The molecule has 3 heterocycles. The van der Waals surface area contributed by atoms with Gasteiger partial charge in [0.15, 0.2) is 10.7 Å². The van der Waals surface area contributed by atoms with Gasteiger partial charge in [0.25, 0.3) is 0 Å². The van der Waals surface area contributed by atoms with Crippen LogP contribution < -0.4 is 5.32 Å². The molecule has 0 aromatic carbocycles. The van der Waals surface area contributed by atoms with E-state index in [0.717, 1.165) is 17.7 Å². The van der Waals surface area contributed by atoms with Crippen LogP contribution in [-0.2, 0) is 14.8 Å². The van der Waals surface area contributed by atoms with Crippen LogP contribution in [0.1, 0.15) is 67.7 Å². The van der Waals surface area contributed by atoms with Crippen LogP contribution in [0.5, 0.6) is 0 Å². The molecule has 2 fully saturated rings. The molecule has 174 valence electrons. The normalized spacial score (nSPS) is 19.9. The monoisotopic (exact) mass is 477 g/mol. The molecule has 7 nitrogen and oxygen atoms in total. The van der Waals surface area contributed by atoms with Gasteiger partial charge in [-0.1, -0.05) is 36.9 Å². The molecule has 0 radical (unpaired) electrons. The lowest BCUT2D eigenvalue weighted by atomic mass is 9.96. The molecule has 1 aliphatic heterocycles. The van der Waals surface area contributed by atoms with Gasteiger partial charge < -0.3 is 9.84 Å². The van der Waals surface area contributed by atoms with Gasteiger partial charge in [-0.25, -0.2) is 8.42 Å². The van der Waals surface area contributed by atoms with E-state index in [4.69, 9.17) is 4.52 Å². The number of piperidine rings is 1. The van der Waals surface area contributed by atoms with Gasteiger partial charge >= 0.3 is 0 Å². The highest BCUT2D eigenvalue weighted by Crippen LogP contribution is 2.30. The summed E-state index contributed by atoms with van der Waals surface area (Å²) in [7, 11) is -3.75. The van der Waals surface area contributed by atoms with E-state index in [1.807, 2.05) is 23.6 Å². The summed E-state index contributed by atoms with van der Waals surface area (Å²) in [5.74, 6) is 0.185. The summed E-state index contributed by atoms with van der Waals surface area (Å²) in [6.45, 7) is 2.29. The Hall–Kier alpha value is -1.97. The van der Waals surface area contributed by atoms with Gasteiger partial charge in [-0.2, -0.15) is 4.31 Å². The summed E-state index contributed by atoms with van der Waals surface area (Å²) in [5, 5.41) is 9.08. The van der Waals surface area contributed by atoms with Crippen LogP contribution in [0.2, 0.25) is 0 Å². The van der Waals surface area contributed by atoms with Gasteiger partial charge in [0.2, 0.25) is 15.9 Å². The van der Waals surface area contributed by atoms with Crippen molar-refractivity contribution in [3.8, 4) is 0 Å². The van der Waals surface area contributed by atoms with E-state index in [1.165, 1.54) is 30.0 Å². The zero-order valence-corrected chi connectivity index (χ0v) is 20.1. The standard InChI is InChI=1S/C23H31N3O4S2/c1-17-22(21(30-25-17)11-10-20-9-6-16-31-20)32(28,29)26-14-12-18(13-15-26)23(27)24-19-7-4-2-3-5-8-19/h6,9-11,16,18-19H,2-5,7-8,12-15H2,1H3,(H,24,27)/b11-10+. The van der Waals surface area contributed by atoms with Crippen molar-refractivity contribution in [2.24, 2.45) is 5.92 Å². The van der Waals surface area contributed by atoms with E-state index in [1.54, 1.807) is 24.3 Å². The number of hydrogen-bond donors (Lipinski definition) is 1. The first-order chi connectivity index (χ1) is 15.4. The van der Waals surface area contributed by atoms with Gasteiger partial charge in [-0.15, -0.1) is 11.3 Å². The fraction of sp³-hybridized carbons (Fsp3) is 0.565. The Balaban J connectivity index is 1.40. The highest BCUT2D eigenvalue weighted by atomic mass is 32.2. The summed E-state index contributed by atoms with van der Waals surface area (Å²) < 4.78 is 33.5. The first-order valence-electron chi connectivity index (χ1n) is 11.4. The number of sulfonamides is 1. The quantitative estimate of drug-likeness (QED) is 0.621. The molecular weight excluding hydrogens is 446 g/mol. The number of nitrogens with one attached hydrogen (secondary N) is 1. The van der Waals surface area contributed by atoms with Gasteiger partial charge in [-0.3, -0.25) is 4.79 Å². The fourth-order valence-electron chi connectivity index (χ4n) is 4.57. The van der Waals surface area contributed by atoms with Gasteiger partial charge in [-0.05, 0) is 56.2 Å². The largest absolute Gasteiger partial charge is 0.355 e. The number of thiophene rings is 1. The summed E-state index contributed by atoms with van der Waals surface area (Å²) in [4.78, 5) is 13.9. The van der Waals surface area contributed by atoms with Crippen LogP contribution in [0.25, 0.3) is 12.2 Å². The van der Waals surface area contributed by atoms with E-state index in [9.17, 15) is 13.2 Å². The lowest BCUT2D eigenvalue weighted by molar-refractivity contribution is -0.126. The Morgan fingerprint density at radius 2 is 1.88 bits per heavy atom. The molecule has 1 aliphatic carbocycles. The third kappa shape index (κ3) is 5.32. The summed E-state index contributed by atoms with van der Waals surface area (Å²) >= 11 is 1.56. The average molecular weight is 478 g/mol. The van der Waals surface area contributed by atoms with Crippen LogP contribution in [-0.4, -0.2) is 42.9 Å². The summed E-state index contributed by atoms with van der Waals surface area (Å²) in [6.07, 6.45) is 11.5. The van der Waals surface area contributed by atoms with E-state index in [-0.39, 0.29) is 28.5 Å². The molecule has 1 amide bonds. The molecule has 2 aromatic rings. The second-order valence-electron chi connectivity index (χ2n) is 8.69. The Labute approximate surface area is 193 Å². The van der Waals surface area contributed by atoms with Crippen LogP contribution in [0.4, 0.5) is 0 Å². The number of amides is 1. The molecule has 0 unspecified atom stereocenters. The van der Waals surface area contributed by atoms with E-state index < -0.39 is 10.0 Å². The lowest BCUT2D eigenvalue weighted by Gasteiger charge is -2.31. The number of hydrogen-bond acceptors (Lipinski definition) is 6. The summed E-state index contributed by atoms with van der Waals surface area (Å²) in [5.41, 5.74) is 0.351. The first kappa shape index (κ1) is 23.2. The van der Waals surface area contributed by atoms with Gasteiger partial charge in [0, 0.05) is 29.9 Å². The molecule has 9 heteroatoms. The van der Waals surface area contributed by atoms with Crippen LogP contribution in [0.3, 0.4) is 0 Å².